The number of anilines is 1. The number of nitrogens with one attached hydrogen (secondary N) is 1. The fourth-order valence-electron chi connectivity index (χ4n) is 6.09. The molecule has 13 heteroatoms. The number of carbonyl (C=O) groups is 4. The number of carbonyl (C=O) groups excluding carboxylic acids is 4. The molecule has 42 heavy (non-hydrogen) atoms. The highest BCUT2D eigenvalue weighted by Gasteiger charge is 2.52. The van der Waals surface area contributed by atoms with E-state index in [0.29, 0.717) is 63.8 Å². The molecular weight excluding hydrogens is 544 g/mol. The molecule has 230 valence electrons. The molecule has 0 bridgehead atoms. The van der Waals surface area contributed by atoms with Gasteiger partial charge in [0.2, 0.25) is 0 Å². The summed E-state index contributed by atoms with van der Waals surface area (Å²) >= 11 is 0. The number of likely N-dealkylation sites (tertiary alicyclic amines) is 1. The molecule has 1 aromatic rings. The van der Waals surface area contributed by atoms with Gasteiger partial charge in [0.25, 0.3) is 5.91 Å². The maximum atomic E-state index is 13.4. The number of hydrogen-bond donors (Lipinski definition) is 1. The minimum absolute atomic E-state index is 0.213. The van der Waals surface area contributed by atoms with Crippen molar-refractivity contribution in [1.82, 2.24) is 25.1 Å². The average Bonchev–Trinajstić information content (AvgIpc) is 3.22. The number of piperazine rings is 2. The van der Waals surface area contributed by atoms with E-state index >= 15 is 0 Å². The highest BCUT2D eigenvalue weighted by atomic mass is 16.7. The van der Waals surface area contributed by atoms with E-state index < -0.39 is 29.7 Å². The first kappa shape index (κ1) is 29.7. The van der Waals surface area contributed by atoms with Crippen molar-refractivity contribution in [3.05, 3.63) is 24.3 Å². The van der Waals surface area contributed by atoms with Gasteiger partial charge in [0, 0.05) is 64.1 Å². The SMILES string of the molecule is COc1ccc(N2CCN(C(=O)ON3C(=O)C4CNCC(CC5CCN(C(=O)OC(C)(C)C)CC5)N4C3=O)CC2)cc1. The summed E-state index contributed by atoms with van der Waals surface area (Å²) in [4.78, 5) is 64.4. The predicted molar refractivity (Wildman–Crippen MR) is 153 cm³/mol. The first-order chi connectivity index (χ1) is 20.0. The van der Waals surface area contributed by atoms with Crippen LogP contribution in [0, 0.1) is 5.92 Å². The van der Waals surface area contributed by atoms with Gasteiger partial charge in [0.05, 0.1) is 7.11 Å². The van der Waals surface area contributed by atoms with Gasteiger partial charge in [-0.1, -0.05) is 5.06 Å². The summed E-state index contributed by atoms with van der Waals surface area (Å²) in [6.45, 7) is 9.59. The summed E-state index contributed by atoms with van der Waals surface area (Å²) in [6.07, 6.45) is 1.26. The summed E-state index contributed by atoms with van der Waals surface area (Å²) in [6, 6.07) is 6.22. The molecule has 5 amide bonds. The molecule has 1 aromatic carbocycles. The van der Waals surface area contributed by atoms with Crippen molar-refractivity contribution in [2.75, 3.05) is 64.4 Å². The van der Waals surface area contributed by atoms with Gasteiger partial charge < -0.3 is 39.2 Å². The lowest BCUT2D eigenvalue weighted by atomic mass is 9.88. The molecular formula is C29H42N6O7. The number of piperidine rings is 1. The Hall–Kier alpha value is -3.74. The van der Waals surface area contributed by atoms with Gasteiger partial charge in [-0.3, -0.25) is 4.79 Å². The number of hydrogen-bond acceptors (Lipinski definition) is 9. The van der Waals surface area contributed by atoms with Crippen LogP contribution in [0.4, 0.5) is 20.1 Å². The van der Waals surface area contributed by atoms with Gasteiger partial charge in [-0.05, 0) is 70.2 Å². The second-order valence-corrected chi connectivity index (χ2v) is 12.3. The van der Waals surface area contributed by atoms with E-state index in [-0.39, 0.29) is 18.1 Å². The standard InChI is InChI=1S/C29H42N6O7/c1-29(2,3)41-27(38)32-11-9-20(10-12-32)17-22-18-30-19-24-25(36)35(26(37)34(22)24)42-28(39)33-15-13-31(14-16-33)21-5-7-23(40-4)8-6-21/h5-8,20,22,24,30H,9-19H2,1-4H3. The van der Waals surface area contributed by atoms with Gasteiger partial charge in [0.15, 0.2) is 0 Å². The Morgan fingerprint density at radius 3 is 2.17 bits per heavy atom. The van der Waals surface area contributed by atoms with E-state index in [4.69, 9.17) is 14.3 Å². The number of rotatable bonds is 5. The molecule has 0 saturated carbocycles. The van der Waals surface area contributed by atoms with Gasteiger partial charge in [0.1, 0.15) is 17.4 Å². The molecule has 4 saturated heterocycles. The maximum absolute atomic E-state index is 13.4. The maximum Gasteiger partial charge on any atom is 0.434 e. The van der Waals surface area contributed by atoms with Crippen LogP contribution < -0.4 is 15.0 Å². The Balaban J connectivity index is 1.13. The number of urea groups is 1. The molecule has 5 rings (SSSR count). The van der Waals surface area contributed by atoms with Crippen LogP contribution in [0.15, 0.2) is 24.3 Å². The largest absolute Gasteiger partial charge is 0.497 e. The molecule has 4 heterocycles. The minimum atomic E-state index is -0.710. The quantitative estimate of drug-likeness (QED) is 0.519. The number of fused-ring (bicyclic) bond motifs is 1. The molecule has 1 N–H and O–H groups in total. The molecule has 4 aliphatic heterocycles. The van der Waals surface area contributed by atoms with Crippen LogP contribution in [-0.2, 0) is 14.4 Å². The highest BCUT2D eigenvalue weighted by molar-refractivity contribution is 6.04. The van der Waals surface area contributed by atoms with Crippen molar-refractivity contribution in [1.29, 1.82) is 0 Å². The van der Waals surface area contributed by atoms with E-state index in [0.717, 1.165) is 24.3 Å². The third-order valence-electron chi connectivity index (χ3n) is 8.34. The van der Waals surface area contributed by atoms with Crippen molar-refractivity contribution in [2.45, 2.75) is 57.7 Å². The third kappa shape index (κ3) is 6.50. The minimum Gasteiger partial charge on any atom is -0.497 e. The number of benzene rings is 1. The molecule has 0 radical (unpaired) electrons. The highest BCUT2D eigenvalue weighted by Crippen LogP contribution is 2.31. The van der Waals surface area contributed by atoms with Crippen molar-refractivity contribution >= 4 is 29.8 Å². The van der Waals surface area contributed by atoms with Crippen molar-refractivity contribution < 1.29 is 33.5 Å². The summed E-state index contributed by atoms with van der Waals surface area (Å²) in [5.74, 6) is 0.538. The zero-order chi connectivity index (χ0) is 30.0. The van der Waals surface area contributed by atoms with Gasteiger partial charge >= 0.3 is 18.2 Å². The molecule has 13 nitrogen and oxygen atoms in total. The molecule has 0 aromatic heterocycles. The van der Waals surface area contributed by atoms with E-state index in [1.807, 2.05) is 45.0 Å². The molecule has 2 atom stereocenters. The second kappa shape index (κ2) is 12.2. The first-order valence-electron chi connectivity index (χ1n) is 14.7. The smallest absolute Gasteiger partial charge is 0.434 e. The summed E-state index contributed by atoms with van der Waals surface area (Å²) in [5, 5.41) is 3.92. The Kier molecular flexibility index (Phi) is 8.67. The van der Waals surface area contributed by atoms with Crippen LogP contribution in [0.2, 0.25) is 0 Å². The van der Waals surface area contributed by atoms with E-state index in [9.17, 15) is 19.2 Å². The number of hydroxylamine groups is 2. The third-order valence-corrected chi connectivity index (χ3v) is 8.34. The van der Waals surface area contributed by atoms with Crippen LogP contribution in [0.3, 0.4) is 0 Å². The zero-order valence-electron chi connectivity index (χ0n) is 24.9. The molecule has 4 aliphatic rings. The van der Waals surface area contributed by atoms with Crippen LogP contribution in [0.5, 0.6) is 5.75 Å². The number of amides is 5. The molecule has 4 fully saturated rings. The Bertz CT molecular complexity index is 1160. The summed E-state index contributed by atoms with van der Waals surface area (Å²) < 4.78 is 10.7. The van der Waals surface area contributed by atoms with Gasteiger partial charge in [-0.2, -0.15) is 0 Å². The zero-order valence-corrected chi connectivity index (χ0v) is 24.9. The van der Waals surface area contributed by atoms with Crippen LogP contribution >= 0.6 is 0 Å². The summed E-state index contributed by atoms with van der Waals surface area (Å²) in [7, 11) is 1.62. The second-order valence-electron chi connectivity index (χ2n) is 12.3. The number of methoxy groups -OCH3 is 1. The normalized spacial score (nSPS) is 23.7. The predicted octanol–water partition coefficient (Wildman–Crippen LogP) is 2.51. The molecule has 2 unspecified atom stereocenters. The molecule has 0 aliphatic carbocycles. The van der Waals surface area contributed by atoms with Crippen LogP contribution in [0.1, 0.15) is 40.0 Å². The van der Waals surface area contributed by atoms with Gasteiger partial charge in [-0.25, -0.2) is 14.4 Å². The van der Waals surface area contributed by atoms with Crippen molar-refractivity contribution in [2.24, 2.45) is 5.92 Å². The van der Waals surface area contributed by atoms with E-state index in [1.54, 1.807) is 16.9 Å². The number of imide groups is 1. The Morgan fingerprint density at radius 1 is 0.905 bits per heavy atom. The van der Waals surface area contributed by atoms with E-state index in [2.05, 4.69) is 10.2 Å². The summed E-state index contributed by atoms with van der Waals surface area (Å²) in [5.41, 5.74) is 0.486. The lowest BCUT2D eigenvalue weighted by Gasteiger charge is -2.39. The topological polar surface area (TPSA) is 124 Å². The fourth-order valence-corrected chi connectivity index (χ4v) is 6.09. The lowest BCUT2D eigenvalue weighted by molar-refractivity contribution is -0.151. The van der Waals surface area contributed by atoms with Crippen LogP contribution in [0.25, 0.3) is 0 Å². The van der Waals surface area contributed by atoms with E-state index in [1.165, 1.54) is 4.90 Å². The number of ether oxygens (including phenoxy) is 2. The first-order valence-corrected chi connectivity index (χ1v) is 14.7. The lowest BCUT2D eigenvalue weighted by Crippen LogP contribution is -2.58. The van der Waals surface area contributed by atoms with Crippen molar-refractivity contribution in [3.8, 4) is 5.75 Å². The Labute approximate surface area is 246 Å². The van der Waals surface area contributed by atoms with Gasteiger partial charge in [-0.15, -0.1) is 0 Å². The average molecular weight is 587 g/mol. The Morgan fingerprint density at radius 2 is 1.55 bits per heavy atom. The number of nitrogens with zero attached hydrogens (tertiary/aromatic N) is 5. The van der Waals surface area contributed by atoms with Crippen LogP contribution in [-0.4, -0.2) is 121 Å². The van der Waals surface area contributed by atoms with Crippen molar-refractivity contribution in [3.63, 3.8) is 0 Å². The monoisotopic (exact) mass is 586 g/mol. The fraction of sp³-hybridized carbons (Fsp3) is 0.655. The molecule has 0 spiro atoms.